The first kappa shape index (κ1) is 12.9. The summed E-state index contributed by atoms with van der Waals surface area (Å²) >= 11 is 0. The number of esters is 1. The fraction of sp³-hybridized carbons (Fsp3) is 0.778. The van der Waals surface area contributed by atoms with Crippen LogP contribution in [0.25, 0.3) is 0 Å². The molecule has 0 aromatic rings. The second-order valence-electron chi connectivity index (χ2n) is 4.10. The van der Waals surface area contributed by atoms with Crippen LogP contribution in [0.3, 0.4) is 0 Å². The minimum Gasteiger partial charge on any atom is -0.459 e. The number of ether oxygens (including phenoxy) is 1. The van der Waals surface area contributed by atoms with Crippen molar-refractivity contribution in [3.63, 3.8) is 0 Å². The first-order valence-corrected chi connectivity index (χ1v) is 4.47. The maximum absolute atomic E-state index is 11.3. The lowest BCUT2D eigenvalue weighted by Gasteiger charge is -2.22. The Morgan fingerprint density at radius 3 is 2.29 bits per heavy atom. The zero-order valence-corrected chi connectivity index (χ0v) is 9.09. The SMILES string of the molecule is CC(NCC(N)=O)C(=O)OC(C)(C)C. The van der Waals surface area contributed by atoms with Crippen molar-refractivity contribution >= 4 is 11.9 Å². The van der Waals surface area contributed by atoms with Gasteiger partial charge in [0.25, 0.3) is 0 Å². The first-order chi connectivity index (χ1) is 6.22. The topological polar surface area (TPSA) is 81.4 Å². The zero-order chi connectivity index (χ0) is 11.4. The van der Waals surface area contributed by atoms with Crippen molar-refractivity contribution in [3.8, 4) is 0 Å². The lowest BCUT2D eigenvalue weighted by molar-refractivity contribution is -0.156. The van der Waals surface area contributed by atoms with Gasteiger partial charge in [-0.1, -0.05) is 0 Å². The zero-order valence-electron chi connectivity index (χ0n) is 9.09. The van der Waals surface area contributed by atoms with Gasteiger partial charge in [-0.3, -0.25) is 14.9 Å². The first-order valence-electron chi connectivity index (χ1n) is 4.47. The van der Waals surface area contributed by atoms with Gasteiger partial charge in [-0.05, 0) is 27.7 Å². The molecule has 0 saturated heterocycles. The van der Waals surface area contributed by atoms with E-state index in [0.29, 0.717) is 0 Å². The Hall–Kier alpha value is -1.10. The molecule has 0 aromatic carbocycles. The van der Waals surface area contributed by atoms with E-state index in [1.165, 1.54) is 0 Å². The van der Waals surface area contributed by atoms with Crippen LogP contribution in [0.5, 0.6) is 0 Å². The van der Waals surface area contributed by atoms with Crippen LogP contribution in [-0.2, 0) is 14.3 Å². The van der Waals surface area contributed by atoms with Crippen molar-refractivity contribution in [2.45, 2.75) is 39.3 Å². The largest absolute Gasteiger partial charge is 0.459 e. The van der Waals surface area contributed by atoms with E-state index in [1.54, 1.807) is 27.7 Å². The molecule has 1 amide bonds. The summed E-state index contributed by atoms with van der Waals surface area (Å²) in [6.45, 7) is 6.94. The Morgan fingerprint density at radius 2 is 1.93 bits per heavy atom. The van der Waals surface area contributed by atoms with Gasteiger partial charge in [0.15, 0.2) is 0 Å². The molecule has 0 aromatic heterocycles. The number of carbonyl (C=O) groups is 2. The van der Waals surface area contributed by atoms with Crippen LogP contribution in [0.15, 0.2) is 0 Å². The van der Waals surface area contributed by atoms with Crippen molar-refractivity contribution in [3.05, 3.63) is 0 Å². The van der Waals surface area contributed by atoms with E-state index in [-0.39, 0.29) is 6.54 Å². The van der Waals surface area contributed by atoms with Gasteiger partial charge in [0, 0.05) is 0 Å². The minimum atomic E-state index is -0.526. The molecule has 0 bridgehead atoms. The number of amides is 1. The van der Waals surface area contributed by atoms with Crippen LogP contribution in [0.1, 0.15) is 27.7 Å². The second kappa shape index (κ2) is 4.95. The molecular formula is C9H18N2O3. The van der Waals surface area contributed by atoms with Gasteiger partial charge in [-0.15, -0.1) is 0 Å². The van der Waals surface area contributed by atoms with Crippen LogP contribution in [0, 0.1) is 0 Å². The summed E-state index contributed by atoms with van der Waals surface area (Å²) in [5, 5.41) is 2.66. The van der Waals surface area contributed by atoms with E-state index in [2.05, 4.69) is 5.32 Å². The summed E-state index contributed by atoms with van der Waals surface area (Å²) in [5.74, 6) is -0.890. The molecule has 82 valence electrons. The molecule has 0 aliphatic heterocycles. The molecule has 1 unspecified atom stereocenters. The second-order valence-corrected chi connectivity index (χ2v) is 4.10. The van der Waals surface area contributed by atoms with E-state index in [4.69, 9.17) is 10.5 Å². The molecule has 0 heterocycles. The van der Waals surface area contributed by atoms with Gasteiger partial charge >= 0.3 is 5.97 Å². The van der Waals surface area contributed by atoms with E-state index in [0.717, 1.165) is 0 Å². The number of nitrogens with one attached hydrogen (secondary N) is 1. The third kappa shape index (κ3) is 6.42. The molecule has 0 spiro atoms. The van der Waals surface area contributed by atoms with Crippen molar-refractivity contribution in [2.24, 2.45) is 5.73 Å². The highest BCUT2D eigenvalue weighted by atomic mass is 16.6. The summed E-state index contributed by atoms with van der Waals surface area (Å²) < 4.78 is 5.08. The molecule has 3 N–H and O–H groups in total. The molecule has 0 radical (unpaired) electrons. The van der Waals surface area contributed by atoms with Crippen molar-refractivity contribution in [1.29, 1.82) is 0 Å². The van der Waals surface area contributed by atoms with Crippen LogP contribution in [0.4, 0.5) is 0 Å². The summed E-state index contributed by atoms with van der Waals surface area (Å²) in [4.78, 5) is 21.8. The molecule has 5 nitrogen and oxygen atoms in total. The minimum absolute atomic E-state index is 0.0274. The fourth-order valence-electron chi connectivity index (χ4n) is 0.727. The molecule has 14 heavy (non-hydrogen) atoms. The van der Waals surface area contributed by atoms with Crippen molar-refractivity contribution in [1.82, 2.24) is 5.32 Å². The van der Waals surface area contributed by atoms with E-state index in [1.807, 2.05) is 0 Å². The van der Waals surface area contributed by atoms with Gasteiger partial charge in [0.1, 0.15) is 11.6 Å². The molecule has 5 heteroatoms. The number of rotatable bonds is 4. The van der Waals surface area contributed by atoms with Crippen LogP contribution in [-0.4, -0.2) is 30.1 Å². The predicted octanol–water partition coefficient (Wildman–Crippen LogP) is -0.208. The van der Waals surface area contributed by atoms with Gasteiger partial charge in [0.2, 0.25) is 5.91 Å². The summed E-state index contributed by atoms with van der Waals surface area (Å²) in [7, 11) is 0. The smallest absolute Gasteiger partial charge is 0.323 e. The normalized spacial score (nSPS) is 13.4. The van der Waals surface area contributed by atoms with Gasteiger partial charge in [0.05, 0.1) is 6.54 Å². The maximum Gasteiger partial charge on any atom is 0.323 e. The Balaban J connectivity index is 3.94. The molecule has 0 saturated carbocycles. The third-order valence-electron chi connectivity index (χ3n) is 1.34. The average molecular weight is 202 g/mol. The quantitative estimate of drug-likeness (QED) is 0.618. The standard InChI is InChI=1S/C9H18N2O3/c1-6(11-5-7(10)12)8(13)14-9(2,3)4/h6,11H,5H2,1-4H3,(H2,10,12). The molecule has 1 atom stereocenters. The van der Waals surface area contributed by atoms with Gasteiger partial charge < -0.3 is 10.5 Å². The van der Waals surface area contributed by atoms with Gasteiger partial charge in [-0.2, -0.15) is 0 Å². The molecule has 0 aliphatic carbocycles. The summed E-state index contributed by atoms with van der Waals surface area (Å²) in [6.07, 6.45) is 0. The van der Waals surface area contributed by atoms with Gasteiger partial charge in [-0.25, -0.2) is 0 Å². The van der Waals surface area contributed by atoms with E-state index in [9.17, 15) is 9.59 Å². The fourth-order valence-corrected chi connectivity index (χ4v) is 0.727. The van der Waals surface area contributed by atoms with E-state index < -0.39 is 23.5 Å². The number of hydrogen-bond acceptors (Lipinski definition) is 4. The Bertz CT molecular complexity index is 221. The Kier molecular flexibility index (Phi) is 4.56. The molecule has 0 aliphatic rings. The number of hydrogen-bond donors (Lipinski definition) is 2. The summed E-state index contributed by atoms with van der Waals surface area (Å²) in [6, 6.07) is -0.526. The maximum atomic E-state index is 11.3. The van der Waals surface area contributed by atoms with E-state index >= 15 is 0 Å². The van der Waals surface area contributed by atoms with Crippen LogP contribution < -0.4 is 11.1 Å². The molecular weight excluding hydrogens is 184 g/mol. The number of carbonyl (C=O) groups excluding carboxylic acids is 2. The summed E-state index contributed by atoms with van der Waals surface area (Å²) in [5.41, 5.74) is 4.40. The highest BCUT2D eigenvalue weighted by molar-refractivity contribution is 5.79. The lowest BCUT2D eigenvalue weighted by Crippen LogP contribution is -2.42. The molecule has 0 rings (SSSR count). The van der Waals surface area contributed by atoms with Crippen LogP contribution in [0.2, 0.25) is 0 Å². The average Bonchev–Trinajstić information content (AvgIpc) is 1.96. The van der Waals surface area contributed by atoms with Crippen LogP contribution >= 0.6 is 0 Å². The van der Waals surface area contributed by atoms with Crippen molar-refractivity contribution in [2.75, 3.05) is 6.54 Å². The predicted molar refractivity (Wildman–Crippen MR) is 52.5 cm³/mol. The highest BCUT2D eigenvalue weighted by Crippen LogP contribution is 2.07. The Labute approximate surface area is 84.0 Å². The number of nitrogens with two attached hydrogens (primary N) is 1. The Morgan fingerprint density at radius 1 is 1.43 bits per heavy atom. The molecule has 0 fully saturated rings. The lowest BCUT2D eigenvalue weighted by atomic mass is 10.2. The van der Waals surface area contributed by atoms with Crippen molar-refractivity contribution < 1.29 is 14.3 Å². The third-order valence-corrected chi connectivity index (χ3v) is 1.34. The monoisotopic (exact) mass is 202 g/mol. The number of primary amides is 1. The highest BCUT2D eigenvalue weighted by Gasteiger charge is 2.21.